The lowest BCUT2D eigenvalue weighted by molar-refractivity contribution is -0.135. The normalized spacial score (nSPS) is 19.7. The van der Waals surface area contributed by atoms with Crippen molar-refractivity contribution in [2.75, 3.05) is 11.4 Å². The number of para-hydroxylation sites is 2. The number of nitrogens with zero attached hydrogens (tertiary/aromatic N) is 1. The monoisotopic (exact) mass is 311 g/mol. The van der Waals surface area contributed by atoms with Gasteiger partial charge in [0, 0.05) is 12.1 Å². The van der Waals surface area contributed by atoms with Gasteiger partial charge in [-0.15, -0.1) is 0 Å². The van der Waals surface area contributed by atoms with E-state index >= 15 is 0 Å². The third-order valence-electron chi connectivity index (χ3n) is 4.18. The molecule has 0 aliphatic carbocycles. The minimum Gasteiger partial charge on any atom is -0.507 e. The second-order valence-corrected chi connectivity index (χ2v) is 5.54. The molecule has 1 heterocycles. The lowest BCUT2D eigenvalue weighted by Crippen LogP contribution is -2.41. The highest BCUT2D eigenvalue weighted by atomic mass is 16.3. The average Bonchev–Trinajstić information content (AvgIpc) is 2.76. The van der Waals surface area contributed by atoms with Crippen molar-refractivity contribution < 1.29 is 19.8 Å². The summed E-state index contributed by atoms with van der Waals surface area (Å²) in [6, 6.07) is 13.0. The van der Waals surface area contributed by atoms with Gasteiger partial charge in [-0.2, -0.15) is 0 Å². The van der Waals surface area contributed by atoms with E-state index in [0.29, 0.717) is 17.8 Å². The third kappa shape index (κ3) is 2.29. The van der Waals surface area contributed by atoms with Crippen molar-refractivity contribution in [1.82, 2.24) is 0 Å². The van der Waals surface area contributed by atoms with E-state index < -0.39 is 23.7 Å². The van der Waals surface area contributed by atoms with Crippen LogP contribution in [-0.4, -0.2) is 28.4 Å². The van der Waals surface area contributed by atoms with Crippen LogP contribution in [0.15, 0.2) is 48.5 Å². The van der Waals surface area contributed by atoms with Gasteiger partial charge in [0.15, 0.2) is 11.4 Å². The van der Waals surface area contributed by atoms with Crippen LogP contribution in [0.2, 0.25) is 0 Å². The molecule has 0 saturated heterocycles. The van der Waals surface area contributed by atoms with Crippen LogP contribution in [0.25, 0.3) is 0 Å². The predicted octanol–water partition coefficient (Wildman–Crippen LogP) is 2.22. The van der Waals surface area contributed by atoms with E-state index in [1.165, 1.54) is 17.0 Å². The molecular weight excluding hydrogens is 294 g/mol. The molecule has 23 heavy (non-hydrogen) atoms. The van der Waals surface area contributed by atoms with E-state index in [-0.39, 0.29) is 11.3 Å². The number of hydrogen-bond donors (Lipinski definition) is 2. The van der Waals surface area contributed by atoms with Crippen molar-refractivity contribution in [3.8, 4) is 5.75 Å². The summed E-state index contributed by atoms with van der Waals surface area (Å²) < 4.78 is 0. The van der Waals surface area contributed by atoms with E-state index in [1.54, 1.807) is 36.4 Å². The van der Waals surface area contributed by atoms with Gasteiger partial charge in [0.05, 0.1) is 17.7 Å². The van der Waals surface area contributed by atoms with E-state index in [1.807, 2.05) is 6.92 Å². The summed E-state index contributed by atoms with van der Waals surface area (Å²) in [4.78, 5) is 26.6. The zero-order chi connectivity index (χ0) is 16.6. The number of carbonyl (C=O) groups excluding carboxylic acids is 2. The molecule has 1 amide bonds. The molecule has 1 aliphatic rings. The first-order valence-electron chi connectivity index (χ1n) is 7.44. The Balaban J connectivity index is 2.00. The minimum atomic E-state index is -1.90. The molecule has 0 spiro atoms. The molecule has 2 aromatic rings. The first-order chi connectivity index (χ1) is 11.0. The fourth-order valence-corrected chi connectivity index (χ4v) is 3.03. The number of phenols is 1. The predicted molar refractivity (Wildman–Crippen MR) is 85.4 cm³/mol. The van der Waals surface area contributed by atoms with Gasteiger partial charge in [0.1, 0.15) is 5.75 Å². The van der Waals surface area contributed by atoms with Crippen LogP contribution in [0.5, 0.6) is 5.75 Å². The molecule has 0 fully saturated rings. The standard InChI is InChI=1S/C18H17NO4/c1-2-19-14-9-5-4-8-13(14)18(23,17(19)22)11-16(21)12-7-3-6-10-15(12)20/h3-10,20,23H,2,11H2,1H3. The Hall–Kier alpha value is -2.66. The summed E-state index contributed by atoms with van der Waals surface area (Å²) in [5.74, 6) is -1.15. The third-order valence-corrected chi connectivity index (χ3v) is 4.18. The van der Waals surface area contributed by atoms with E-state index in [2.05, 4.69) is 0 Å². The molecule has 0 radical (unpaired) electrons. The van der Waals surface area contributed by atoms with Crippen molar-refractivity contribution in [2.45, 2.75) is 18.9 Å². The summed E-state index contributed by atoms with van der Waals surface area (Å²) in [6.45, 7) is 2.22. The SMILES string of the molecule is CCN1C(=O)C(O)(CC(=O)c2ccccc2O)c2ccccc21. The topological polar surface area (TPSA) is 77.8 Å². The van der Waals surface area contributed by atoms with Crippen LogP contribution in [-0.2, 0) is 10.4 Å². The summed E-state index contributed by atoms with van der Waals surface area (Å²) in [5, 5.41) is 20.7. The number of rotatable bonds is 4. The molecule has 0 aromatic heterocycles. The molecule has 0 bridgehead atoms. The van der Waals surface area contributed by atoms with Crippen molar-refractivity contribution in [1.29, 1.82) is 0 Å². The largest absolute Gasteiger partial charge is 0.507 e. The van der Waals surface area contributed by atoms with Crippen LogP contribution in [0.3, 0.4) is 0 Å². The number of phenolic OH excluding ortho intramolecular Hbond substituents is 1. The number of hydrogen-bond acceptors (Lipinski definition) is 4. The molecule has 2 aromatic carbocycles. The summed E-state index contributed by atoms with van der Waals surface area (Å²) in [5.41, 5.74) is -0.754. The molecule has 5 nitrogen and oxygen atoms in total. The Morgan fingerprint density at radius 1 is 1.13 bits per heavy atom. The highest BCUT2D eigenvalue weighted by molar-refractivity contribution is 6.11. The Bertz CT molecular complexity index is 786. The highest BCUT2D eigenvalue weighted by Crippen LogP contribution is 2.42. The van der Waals surface area contributed by atoms with Crippen LogP contribution in [0.1, 0.15) is 29.3 Å². The van der Waals surface area contributed by atoms with Gasteiger partial charge in [-0.25, -0.2) is 0 Å². The number of aliphatic hydroxyl groups is 1. The number of anilines is 1. The number of Topliss-reactive ketones (excluding diaryl/α,β-unsaturated/α-hetero) is 1. The smallest absolute Gasteiger partial charge is 0.264 e. The van der Waals surface area contributed by atoms with Gasteiger partial charge in [-0.1, -0.05) is 30.3 Å². The molecule has 2 N–H and O–H groups in total. The molecule has 1 unspecified atom stereocenters. The van der Waals surface area contributed by atoms with Gasteiger partial charge in [0.2, 0.25) is 0 Å². The number of ketones is 1. The van der Waals surface area contributed by atoms with Crippen molar-refractivity contribution >= 4 is 17.4 Å². The Morgan fingerprint density at radius 3 is 2.48 bits per heavy atom. The van der Waals surface area contributed by atoms with Crippen molar-refractivity contribution in [3.05, 3.63) is 59.7 Å². The number of fused-ring (bicyclic) bond motifs is 1. The summed E-state index contributed by atoms with van der Waals surface area (Å²) in [6.07, 6.45) is -0.406. The maximum absolute atomic E-state index is 12.6. The van der Waals surface area contributed by atoms with Crippen LogP contribution in [0, 0.1) is 0 Å². The van der Waals surface area contributed by atoms with Gasteiger partial charge < -0.3 is 15.1 Å². The first kappa shape index (κ1) is 15.2. The van der Waals surface area contributed by atoms with Gasteiger partial charge in [0.25, 0.3) is 5.91 Å². The van der Waals surface area contributed by atoms with Gasteiger partial charge in [-0.3, -0.25) is 9.59 Å². The second-order valence-electron chi connectivity index (χ2n) is 5.54. The highest BCUT2D eigenvalue weighted by Gasteiger charge is 2.50. The molecule has 0 saturated carbocycles. The lowest BCUT2D eigenvalue weighted by Gasteiger charge is -2.22. The van der Waals surface area contributed by atoms with E-state index in [4.69, 9.17) is 0 Å². The zero-order valence-electron chi connectivity index (χ0n) is 12.7. The quantitative estimate of drug-likeness (QED) is 0.849. The summed E-state index contributed by atoms with van der Waals surface area (Å²) in [7, 11) is 0. The lowest BCUT2D eigenvalue weighted by atomic mass is 9.88. The van der Waals surface area contributed by atoms with Gasteiger partial charge in [-0.05, 0) is 25.1 Å². The molecule has 5 heteroatoms. The van der Waals surface area contributed by atoms with E-state index in [9.17, 15) is 19.8 Å². The number of likely N-dealkylation sites (N-methyl/N-ethyl adjacent to an activating group) is 1. The molecular formula is C18H17NO4. The van der Waals surface area contributed by atoms with Crippen LogP contribution in [0.4, 0.5) is 5.69 Å². The molecule has 118 valence electrons. The zero-order valence-corrected chi connectivity index (χ0v) is 12.7. The average molecular weight is 311 g/mol. The van der Waals surface area contributed by atoms with E-state index in [0.717, 1.165) is 0 Å². The molecule has 1 atom stereocenters. The van der Waals surface area contributed by atoms with Crippen molar-refractivity contribution in [3.63, 3.8) is 0 Å². The number of aromatic hydroxyl groups is 1. The Kier molecular flexibility index (Phi) is 3.66. The summed E-state index contributed by atoms with van der Waals surface area (Å²) >= 11 is 0. The number of amides is 1. The number of benzene rings is 2. The Morgan fingerprint density at radius 2 is 1.78 bits per heavy atom. The molecule has 1 aliphatic heterocycles. The van der Waals surface area contributed by atoms with Gasteiger partial charge >= 0.3 is 0 Å². The maximum Gasteiger partial charge on any atom is 0.264 e. The fraction of sp³-hybridized carbons (Fsp3) is 0.222. The first-order valence-corrected chi connectivity index (χ1v) is 7.44. The van der Waals surface area contributed by atoms with Crippen LogP contribution >= 0.6 is 0 Å². The van der Waals surface area contributed by atoms with Crippen molar-refractivity contribution in [2.24, 2.45) is 0 Å². The fourth-order valence-electron chi connectivity index (χ4n) is 3.03. The maximum atomic E-state index is 12.6. The second kappa shape index (κ2) is 5.52. The Labute approximate surface area is 133 Å². The van der Waals surface area contributed by atoms with Crippen LogP contribution < -0.4 is 4.90 Å². The number of carbonyl (C=O) groups is 2. The minimum absolute atomic E-state index is 0.0983. The molecule has 3 rings (SSSR count).